The number of nitrogens with zero attached hydrogens (tertiary/aromatic N) is 7. The normalized spacial score (nSPS) is 23.4. The Morgan fingerprint density at radius 3 is 2.89 bits per heavy atom. The number of amides is 2. The third-order valence-electron chi connectivity index (χ3n) is 5.92. The van der Waals surface area contributed by atoms with Crippen molar-refractivity contribution >= 4 is 63.5 Å². The highest BCUT2D eigenvalue weighted by atomic mass is 32.2. The summed E-state index contributed by atoms with van der Waals surface area (Å²) in [6, 6.07) is -0.818. The van der Waals surface area contributed by atoms with Crippen LogP contribution in [-0.4, -0.2) is 94.8 Å². The van der Waals surface area contributed by atoms with Crippen LogP contribution in [0.4, 0.5) is 5.13 Å². The van der Waals surface area contributed by atoms with Gasteiger partial charge >= 0.3 is 5.97 Å². The van der Waals surface area contributed by atoms with Crippen molar-refractivity contribution in [1.29, 1.82) is 0 Å². The molecule has 4 heterocycles. The highest BCUT2D eigenvalue weighted by Gasteiger charge is 2.57. The second-order valence-electron chi connectivity index (χ2n) is 8.63. The van der Waals surface area contributed by atoms with Crippen LogP contribution in [0.3, 0.4) is 0 Å². The van der Waals surface area contributed by atoms with Gasteiger partial charge in [0.1, 0.15) is 29.1 Å². The molecule has 3 atom stereocenters. The zero-order valence-electron chi connectivity index (χ0n) is 20.2. The van der Waals surface area contributed by atoms with Gasteiger partial charge < -0.3 is 25.9 Å². The number of aliphatic carboxylic acids is 1. The molecule has 2 aromatic rings. The number of nitrogens with two attached hydrogens (primary N) is 1. The average molecular weight is 570 g/mol. The summed E-state index contributed by atoms with van der Waals surface area (Å²) < 4.78 is 1.46. The Balaban J connectivity index is 1.41. The smallest absolute Gasteiger partial charge is 0.313 e. The first-order valence-corrected chi connectivity index (χ1v) is 14.4. The van der Waals surface area contributed by atoms with Crippen LogP contribution in [0.15, 0.2) is 15.7 Å². The number of thiazole rings is 1. The molecular weight excluding hydrogens is 542 g/mol. The van der Waals surface area contributed by atoms with Crippen LogP contribution in [0.2, 0.25) is 0 Å². The molecular formula is C20H27N9O5S3. The molecule has 4 N–H and O–H groups in total. The van der Waals surface area contributed by atoms with E-state index in [1.807, 2.05) is 0 Å². The van der Waals surface area contributed by atoms with Crippen LogP contribution >= 0.6 is 34.9 Å². The SMILES string of the molecule is CCCCCON=C(C(=O)NC1C(=O)N2CC(CSc3nnnn3C)(C(=O)O)CS[C@H]12)c1csc(N)n1. The maximum Gasteiger partial charge on any atom is 0.313 e. The van der Waals surface area contributed by atoms with Crippen LogP contribution in [0.5, 0.6) is 0 Å². The molecule has 0 aliphatic carbocycles. The van der Waals surface area contributed by atoms with Crippen LogP contribution in [0, 0.1) is 5.41 Å². The highest BCUT2D eigenvalue weighted by molar-refractivity contribution is 8.00. The first-order valence-electron chi connectivity index (χ1n) is 11.5. The number of anilines is 1. The van der Waals surface area contributed by atoms with Crippen molar-refractivity contribution in [3.8, 4) is 0 Å². The van der Waals surface area contributed by atoms with Gasteiger partial charge in [0.25, 0.3) is 5.91 Å². The fraction of sp³-hybridized carbons (Fsp3) is 0.600. The lowest BCUT2D eigenvalue weighted by Crippen LogP contribution is -2.74. The molecule has 14 nitrogen and oxygen atoms in total. The number of tetrazole rings is 1. The number of aryl methyl sites for hydroxylation is 1. The zero-order valence-corrected chi connectivity index (χ0v) is 22.6. The largest absolute Gasteiger partial charge is 0.481 e. The summed E-state index contributed by atoms with van der Waals surface area (Å²) in [6.45, 7) is 2.43. The van der Waals surface area contributed by atoms with E-state index in [-0.39, 0.29) is 40.5 Å². The molecule has 0 radical (unpaired) electrons. The number of rotatable bonds is 12. The van der Waals surface area contributed by atoms with E-state index < -0.39 is 28.7 Å². The van der Waals surface area contributed by atoms with Crippen LogP contribution in [-0.2, 0) is 26.3 Å². The molecule has 0 spiro atoms. The van der Waals surface area contributed by atoms with Gasteiger partial charge in [-0.05, 0) is 16.8 Å². The first kappa shape index (κ1) is 27.1. The van der Waals surface area contributed by atoms with Gasteiger partial charge in [0.15, 0.2) is 10.8 Å². The fourth-order valence-electron chi connectivity index (χ4n) is 3.79. The molecule has 200 valence electrons. The van der Waals surface area contributed by atoms with Gasteiger partial charge in [-0.15, -0.1) is 28.2 Å². The van der Waals surface area contributed by atoms with Gasteiger partial charge in [0.05, 0.1) is 0 Å². The molecule has 0 saturated carbocycles. The van der Waals surface area contributed by atoms with E-state index in [1.54, 1.807) is 12.4 Å². The number of hydrogen-bond acceptors (Lipinski definition) is 13. The summed E-state index contributed by atoms with van der Waals surface area (Å²) in [4.78, 5) is 49.3. The maximum absolute atomic E-state index is 13.1. The topological polar surface area (TPSA) is 191 Å². The number of aromatic nitrogens is 5. The van der Waals surface area contributed by atoms with Gasteiger partial charge in [-0.2, -0.15) is 0 Å². The molecule has 2 aromatic heterocycles. The zero-order chi connectivity index (χ0) is 26.6. The van der Waals surface area contributed by atoms with Crippen molar-refractivity contribution in [3.05, 3.63) is 11.1 Å². The molecule has 2 fully saturated rings. The number of carbonyl (C=O) groups excluding carboxylic acids is 2. The van der Waals surface area contributed by atoms with Gasteiger partial charge in [-0.25, -0.2) is 9.67 Å². The minimum absolute atomic E-state index is 0.0214. The van der Waals surface area contributed by atoms with Crippen LogP contribution < -0.4 is 11.1 Å². The van der Waals surface area contributed by atoms with Crippen molar-refractivity contribution in [1.82, 2.24) is 35.4 Å². The van der Waals surface area contributed by atoms with Crippen LogP contribution in [0.25, 0.3) is 0 Å². The van der Waals surface area contributed by atoms with E-state index in [2.05, 4.69) is 37.9 Å². The van der Waals surface area contributed by atoms with Crippen molar-refractivity contribution < 1.29 is 24.3 Å². The number of fused-ring (bicyclic) bond motifs is 1. The Hall–Kier alpha value is -2.92. The molecule has 0 aromatic carbocycles. The minimum atomic E-state index is -1.18. The number of nitrogen functional groups attached to an aromatic ring is 1. The van der Waals surface area contributed by atoms with Crippen molar-refractivity contribution in [2.24, 2.45) is 17.6 Å². The van der Waals surface area contributed by atoms with Crippen molar-refractivity contribution in [3.63, 3.8) is 0 Å². The Kier molecular flexibility index (Phi) is 8.53. The summed E-state index contributed by atoms with van der Waals surface area (Å²) >= 11 is 3.70. The third kappa shape index (κ3) is 5.82. The lowest BCUT2D eigenvalue weighted by molar-refractivity contribution is -0.157. The second-order valence-corrected chi connectivity index (χ2v) is 11.6. The number of carbonyl (C=O) groups is 3. The van der Waals surface area contributed by atoms with E-state index in [1.165, 1.54) is 33.1 Å². The van der Waals surface area contributed by atoms with E-state index in [9.17, 15) is 19.5 Å². The number of carboxylic acid groups (broad SMARTS) is 1. The summed E-state index contributed by atoms with van der Waals surface area (Å²) in [7, 11) is 1.67. The van der Waals surface area contributed by atoms with E-state index >= 15 is 0 Å². The van der Waals surface area contributed by atoms with Gasteiger partial charge in [0, 0.05) is 30.5 Å². The molecule has 2 unspecified atom stereocenters. The molecule has 0 bridgehead atoms. The number of carboxylic acids is 1. The Morgan fingerprint density at radius 1 is 1.43 bits per heavy atom. The molecule has 4 rings (SSSR count). The van der Waals surface area contributed by atoms with E-state index in [0.29, 0.717) is 11.8 Å². The molecule has 2 aliphatic rings. The minimum Gasteiger partial charge on any atom is -0.481 e. The number of β-lactam (4-membered cyclic amide) rings is 1. The van der Waals surface area contributed by atoms with Crippen molar-refractivity contribution in [2.75, 3.05) is 30.4 Å². The molecule has 2 aliphatic heterocycles. The number of hydrogen-bond donors (Lipinski definition) is 3. The Labute approximate surface area is 224 Å². The number of thioether (sulfide) groups is 2. The second kappa shape index (κ2) is 11.6. The Morgan fingerprint density at radius 2 is 2.24 bits per heavy atom. The first-order chi connectivity index (χ1) is 17.8. The molecule has 2 saturated heterocycles. The number of nitrogens with one attached hydrogen (secondary N) is 1. The number of unbranched alkanes of at least 4 members (excludes halogenated alkanes) is 2. The monoisotopic (exact) mass is 569 g/mol. The molecule has 17 heteroatoms. The quantitative estimate of drug-likeness (QED) is 0.105. The van der Waals surface area contributed by atoms with Crippen molar-refractivity contribution in [2.45, 2.75) is 42.8 Å². The van der Waals surface area contributed by atoms with Gasteiger partial charge in [0.2, 0.25) is 11.1 Å². The fourth-order valence-corrected chi connectivity index (χ4v) is 7.05. The Bertz CT molecular complexity index is 1190. The van der Waals surface area contributed by atoms with Gasteiger partial charge in [-0.3, -0.25) is 14.4 Å². The number of oxime groups is 1. The van der Waals surface area contributed by atoms with Gasteiger partial charge in [-0.1, -0.05) is 36.7 Å². The highest BCUT2D eigenvalue weighted by Crippen LogP contribution is 2.44. The predicted molar refractivity (Wildman–Crippen MR) is 138 cm³/mol. The van der Waals surface area contributed by atoms with E-state index in [4.69, 9.17) is 10.6 Å². The van der Waals surface area contributed by atoms with E-state index in [0.717, 1.165) is 30.6 Å². The summed E-state index contributed by atoms with van der Waals surface area (Å²) in [5, 5.41) is 29.9. The summed E-state index contributed by atoms with van der Waals surface area (Å²) in [5.74, 6) is -1.53. The average Bonchev–Trinajstić information content (AvgIpc) is 3.50. The lowest BCUT2D eigenvalue weighted by Gasteiger charge is -2.53. The molecule has 2 amide bonds. The standard InChI is InChI=1S/C20H27N9O5S3/c1-3-4-5-6-34-25-12(11-7-35-18(21)22-11)14(30)23-13-15(31)29-8-20(17(32)33,9-36-16(13)29)10-37-19-24-26-27-28(19)2/h7,13,16H,3-6,8-10H2,1-2H3,(H2,21,22)(H,23,30)(H,32,33)/t13?,16-,20?/m1/s1. The lowest BCUT2D eigenvalue weighted by atomic mass is 9.89. The van der Waals surface area contributed by atoms with Crippen LogP contribution in [0.1, 0.15) is 31.9 Å². The maximum atomic E-state index is 13.1. The third-order valence-corrected chi connectivity index (χ3v) is 9.48. The summed E-state index contributed by atoms with van der Waals surface area (Å²) in [5.41, 5.74) is 4.74. The molecule has 37 heavy (non-hydrogen) atoms. The predicted octanol–water partition coefficient (Wildman–Crippen LogP) is 0.423. The summed E-state index contributed by atoms with van der Waals surface area (Å²) in [6.07, 6.45) is 2.78.